The molecule has 0 heterocycles. The van der Waals surface area contributed by atoms with Gasteiger partial charge in [-0.1, -0.05) is 30.7 Å². The Balaban J connectivity index is 3.14. The Bertz CT molecular complexity index is 392. The molecule has 94 valence electrons. The van der Waals surface area contributed by atoms with Crippen LogP contribution in [0.25, 0.3) is 0 Å². The lowest BCUT2D eigenvalue weighted by Crippen LogP contribution is -2.29. The van der Waals surface area contributed by atoms with Gasteiger partial charge in [0.15, 0.2) is 0 Å². The molecule has 0 atom stereocenters. The van der Waals surface area contributed by atoms with Crippen LogP contribution in [0.15, 0.2) is 18.2 Å². The van der Waals surface area contributed by atoms with Gasteiger partial charge in [-0.05, 0) is 24.6 Å². The summed E-state index contributed by atoms with van der Waals surface area (Å²) in [5.74, 6) is 0. The summed E-state index contributed by atoms with van der Waals surface area (Å²) in [5, 5.41) is 9.72. The topological polar surface area (TPSA) is 49.5 Å². The first kappa shape index (κ1) is 14.2. The van der Waals surface area contributed by atoms with Gasteiger partial charge >= 0.3 is 0 Å². The van der Waals surface area contributed by atoms with Crippen LogP contribution in [-0.2, 0) is 0 Å². The van der Waals surface area contributed by atoms with Gasteiger partial charge in [0.1, 0.15) is 4.99 Å². The van der Waals surface area contributed by atoms with E-state index in [9.17, 15) is 0 Å². The highest BCUT2D eigenvalue weighted by molar-refractivity contribution is 7.80. The third-order valence-corrected chi connectivity index (χ3v) is 2.88. The van der Waals surface area contributed by atoms with Crippen molar-refractivity contribution in [2.24, 2.45) is 5.73 Å². The lowest BCUT2D eigenvalue weighted by Gasteiger charge is -2.26. The van der Waals surface area contributed by atoms with E-state index < -0.39 is 0 Å². The van der Waals surface area contributed by atoms with Crippen LogP contribution in [0.2, 0.25) is 5.02 Å². The summed E-state index contributed by atoms with van der Waals surface area (Å²) >= 11 is 11.0. The Hall–Kier alpha value is -0.840. The third-order valence-electron chi connectivity index (χ3n) is 2.43. The Labute approximate surface area is 112 Å². The molecule has 1 aromatic rings. The quantitative estimate of drug-likeness (QED) is 0.780. The van der Waals surface area contributed by atoms with Crippen LogP contribution in [0.4, 0.5) is 5.69 Å². The van der Waals surface area contributed by atoms with Crippen molar-refractivity contribution in [3.63, 3.8) is 0 Å². The number of aliphatic hydroxyl groups is 1. The molecule has 5 heteroatoms. The van der Waals surface area contributed by atoms with Crippen LogP contribution < -0.4 is 10.6 Å². The number of halogens is 1. The summed E-state index contributed by atoms with van der Waals surface area (Å²) in [6.07, 6.45) is 0.975. The Morgan fingerprint density at radius 1 is 1.47 bits per heavy atom. The number of thiocarbonyl (C=S) groups is 1. The minimum absolute atomic E-state index is 0.0866. The lowest BCUT2D eigenvalue weighted by molar-refractivity contribution is 0.302. The molecule has 3 N–H and O–H groups in total. The fourth-order valence-electron chi connectivity index (χ4n) is 1.72. The molecule has 0 radical (unpaired) electrons. The Morgan fingerprint density at radius 2 is 2.18 bits per heavy atom. The van der Waals surface area contributed by atoms with E-state index in [1.54, 1.807) is 6.07 Å². The number of nitrogens with zero attached hydrogens (tertiary/aromatic N) is 1. The number of rotatable bonds is 6. The molecular weight excluding hydrogens is 256 g/mol. The molecule has 0 aliphatic rings. The van der Waals surface area contributed by atoms with Crippen molar-refractivity contribution in [3.8, 4) is 0 Å². The zero-order chi connectivity index (χ0) is 12.8. The number of nitrogens with two attached hydrogens (primary N) is 1. The molecule has 0 aliphatic heterocycles. The van der Waals surface area contributed by atoms with Crippen molar-refractivity contribution in [2.75, 3.05) is 24.6 Å². The van der Waals surface area contributed by atoms with Gasteiger partial charge in [0.25, 0.3) is 0 Å². The van der Waals surface area contributed by atoms with E-state index in [4.69, 9.17) is 34.7 Å². The number of hydrogen-bond donors (Lipinski definition) is 2. The van der Waals surface area contributed by atoms with Crippen molar-refractivity contribution in [3.05, 3.63) is 28.8 Å². The first-order valence-corrected chi connectivity index (χ1v) is 6.34. The highest BCUT2D eigenvalue weighted by Crippen LogP contribution is 2.25. The van der Waals surface area contributed by atoms with Crippen LogP contribution in [0.1, 0.15) is 18.9 Å². The second-order valence-electron chi connectivity index (χ2n) is 3.74. The maximum absolute atomic E-state index is 9.08. The first-order valence-electron chi connectivity index (χ1n) is 5.55. The van der Waals surface area contributed by atoms with Gasteiger partial charge in [-0.25, -0.2) is 0 Å². The second-order valence-corrected chi connectivity index (χ2v) is 4.61. The van der Waals surface area contributed by atoms with Crippen LogP contribution in [-0.4, -0.2) is 29.8 Å². The summed E-state index contributed by atoms with van der Waals surface area (Å²) < 4.78 is 0. The van der Waals surface area contributed by atoms with E-state index in [1.807, 2.05) is 17.0 Å². The lowest BCUT2D eigenvalue weighted by atomic mass is 10.1. The van der Waals surface area contributed by atoms with Crippen LogP contribution in [0.5, 0.6) is 0 Å². The highest BCUT2D eigenvalue weighted by atomic mass is 35.5. The monoisotopic (exact) mass is 272 g/mol. The molecule has 1 aromatic carbocycles. The molecule has 1 rings (SSSR count). The van der Waals surface area contributed by atoms with Gasteiger partial charge < -0.3 is 15.7 Å². The van der Waals surface area contributed by atoms with Crippen molar-refractivity contribution in [1.29, 1.82) is 0 Å². The Morgan fingerprint density at radius 3 is 2.71 bits per heavy atom. The average molecular weight is 273 g/mol. The van der Waals surface area contributed by atoms with Gasteiger partial charge in [-0.15, -0.1) is 0 Å². The number of benzene rings is 1. The molecule has 0 spiro atoms. The SMILES string of the molecule is CCCN(CCO)c1cc(Cl)ccc1C(N)=S. The maximum Gasteiger partial charge on any atom is 0.106 e. The van der Waals surface area contributed by atoms with Gasteiger partial charge in [-0.2, -0.15) is 0 Å². The van der Waals surface area contributed by atoms with E-state index in [2.05, 4.69) is 6.92 Å². The summed E-state index contributed by atoms with van der Waals surface area (Å²) in [5.41, 5.74) is 7.38. The molecule has 0 saturated carbocycles. The molecule has 3 nitrogen and oxygen atoms in total. The smallest absolute Gasteiger partial charge is 0.106 e. The fourth-order valence-corrected chi connectivity index (χ4v) is 2.06. The molecule has 0 aliphatic carbocycles. The third kappa shape index (κ3) is 3.84. The van der Waals surface area contributed by atoms with E-state index >= 15 is 0 Å². The number of anilines is 1. The van der Waals surface area contributed by atoms with Crippen molar-refractivity contribution < 1.29 is 5.11 Å². The van der Waals surface area contributed by atoms with Gasteiger partial charge in [0.05, 0.1) is 6.61 Å². The van der Waals surface area contributed by atoms with Crippen LogP contribution in [0, 0.1) is 0 Å². The van der Waals surface area contributed by atoms with Crippen LogP contribution >= 0.6 is 23.8 Å². The van der Waals surface area contributed by atoms with Gasteiger partial charge in [0.2, 0.25) is 0 Å². The molecular formula is C12H17ClN2OS. The number of hydrogen-bond acceptors (Lipinski definition) is 3. The fraction of sp³-hybridized carbons (Fsp3) is 0.417. The predicted octanol–water partition coefficient (Wildman–Crippen LogP) is 2.18. The second kappa shape index (κ2) is 6.79. The average Bonchev–Trinajstić information content (AvgIpc) is 2.28. The van der Waals surface area contributed by atoms with Gasteiger partial charge in [-0.3, -0.25) is 0 Å². The molecule has 0 fully saturated rings. The summed E-state index contributed by atoms with van der Waals surface area (Å²) in [6.45, 7) is 3.54. The van der Waals surface area contributed by atoms with Crippen LogP contribution in [0.3, 0.4) is 0 Å². The van der Waals surface area contributed by atoms with Crippen molar-refractivity contribution >= 4 is 34.5 Å². The van der Waals surface area contributed by atoms with Crippen molar-refractivity contribution in [1.82, 2.24) is 0 Å². The van der Waals surface area contributed by atoms with E-state index in [0.717, 1.165) is 24.2 Å². The Kier molecular flexibility index (Phi) is 5.68. The zero-order valence-electron chi connectivity index (χ0n) is 9.82. The van der Waals surface area contributed by atoms with Gasteiger partial charge in [0, 0.05) is 29.4 Å². The maximum atomic E-state index is 9.08. The molecule has 0 bridgehead atoms. The van der Waals surface area contributed by atoms with E-state index in [1.165, 1.54) is 0 Å². The summed E-state index contributed by atoms with van der Waals surface area (Å²) in [6, 6.07) is 5.42. The largest absolute Gasteiger partial charge is 0.395 e. The summed E-state index contributed by atoms with van der Waals surface area (Å²) in [4.78, 5) is 2.39. The standard InChI is InChI=1S/C12H17ClN2OS/c1-2-5-15(6-7-16)11-8-9(13)3-4-10(11)12(14)17/h3-4,8,16H,2,5-7H2,1H3,(H2,14,17). The normalized spacial score (nSPS) is 10.3. The van der Waals surface area contributed by atoms with Crippen molar-refractivity contribution in [2.45, 2.75) is 13.3 Å². The molecule has 17 heavy (non-hydrogen) atoms. The predicted molar refractivity (Wildman–Crippen MR) is 76.9 cm³/mol. The zero-order valence-corrected chi connectivity index (χ0v) is 11.4. The van der Waals surface area contributed by atoms with E-state index in [0.29, 0.717) is 16.6 Å². The first-order chi connectivity index (χ1) is 8.10. The molecule has 0 amide bonds. The molecule has 0 aromatic heterocycles. The summed E-state index contributed by atoms with van der Waals surface area (Å²) in [7, 11) is 0. The highest BCUT2D eigenvalue weighted by Gasteiger charge is 2.12. The minimum Gasteiger partial charge on any atom is -0.395 e. The van der Waals surface area contributed by atoms with E-state index in [-0.39, 0.29) is 6.61 Å². The minimum atomic E-state index is 0.0866. The molecule has 0 unspecified atom stereocenters. The number of aliphatic hydroxyl groups excluding tert-OH is 1. The molecule has 0 saturated heterocycles.